The zero-order valence-electron chi connectivity index (χ0n) is 13.8. The molecule has 1 aliphatic rings. The van der Waals surface area contributed by atoms with Crippen molar-refractivity contribution in [1.82, 2.24) is 4.98 Å². The standard InChI is InChI=1S/C19H10F3NO4/c1-26-9-6-7-12(13(8-9)19(20,21)22)18-23-14-15(24)10-4-2-3-5-11(10)16(25)17(14)27-18/h2-8H,1H3. The first-order valence-corrected chi connectivity index (χ1v) is 7.76. The van der Waals surface area contributed by atoms with Gasteiger partial charge in [0.25, 0.3) is 0 Å². The number of halogens is 3. The van der Waals surface area contributed by atoms with E-state index in [1.165, 1.54) is 25.3 Å². The number of hydrogen-bond acceptors (Lipinski definition) is 5. The van der Waals surface area contributed by atoms with E-state index in [0.717, 1.165) is 12.1 Å². The van der Waals surface area contributed by atoms with E-state index in [-0.39, 0.29) is 33.9 Å². The number of carbonyl (C=O) groups excluding carboxylic acids is 2. The fourth-order valence-electron chi connectivity index (χ4n) is 2.94. The van der Waals surface area contributed by atoms with Gasteiger partial charge < -0.3 is 9.15 Å². The first-order chi connectivity index (χ1) is 12.8. The minimum Gasteiger partial charge on any atom is -0.497 e. The van der Waals surface area contributed by atoms with Crippen molar-refractivity contribution in [3.8, 4) is 17.2 Å². The molecule has 1 aliphatic carbocycles. The predicted molar refractivity (Wildman–Crippen MR) is 86.8 cm³/mol. The maximum atomic E-state index is 13.4. The van der Waals surface area contributed by atoms with Crippen LogP contribution in [0.5, 0.6) is 5.75 Å². The zero-order chi connectivity index (χ0) is 19.3. The van der Waals surface area contributed by atoms with Gasteiger partial charge in [-0.05, 0) is 18.2 Å². The van der Waals surface area contributed by atoms with Crippen LogP contribution in [-0.4, -0.2) is 23.7 Å². The predicted octanol–water partition coefficient (Wildman–Crippen LogP) is 4.14. The molecule has 0 radical (unpaired) electrons. The molecule has 0 bridgehead atoms. The lowest BCUT2D eigenvalue weighted by atomic mass is 9.91. The van der Waals surface area contributed by atoms with Crippen LogP contribution in [0.3, 0.4) is 0 Å². The lowest BCUT2D eigenvalue weighted by Gasteiger charge is -2.12. The molecule has 0 N–H and O–H groups in total. The Kier molecular flexibility index (Phi) is 3.66. The van der Waals surface area contributed by atoms with E-state index in [9.17, 15) is 22.8 Å². The number of fused-ring (bicyclic) bond motifs is 2. The van der Waals surface area contributed by atoms with Gasteiger partial charge in [0.15, 0.2) is 5.69 Å². The van der Waals surface area contributed by atoms with E-state index in [1.54, 1.807) is 12.1 Å². The molecule has 27 heavy (non-hydrogen) atoms. The number of nitrogens with zero attached hydrogens (tertiary/aromatic N) is 1. The van der Waals surface area contributed by atoms with E-state index in [0.29, 0.717) is 0 Å². The van der Waals surface area contributed by atoms with Crippen LogP contribution in [0.15, 0.2) is 46.9 Å². The molecule has 0 unspecified atom stereocenters. The summed E-state index contributed by atoms with van der Waals surface area (Å²) in [6.07, 6.45) is -4.71. The summed E-state index contributed by atoms with van der Waals surface area (Å²) in [7, 11) is 1.24. The fraction of sp³-hybridized carbons (Fsp3) is 0.105. The Morgan fingerprint density at radius 2 is 1.63 bits per heavy atom. The average molecular weight is 373 g/mol. The Morgan fingerprint density at radius 3 is 2.26 bits per heavy atom. The second kappa shape index (κ2) is 5.80. The monoisotopic (exact) mass is 373 g/mol. The van der Waals surface area contributed by atoms with Crippen molar-refractivity contribution in [2.24, 2.45) is 0 Å². The number of aromatic nitrogens is 1. The average Bonchev–Trinajstić information content (AvgIpc) is 3.10. The molecular weight excluding hydrogens is 363 g/mol. The van der Waals surface area contributed by atoms with Crippen molar-refractivity contribution in [1.29, 1.82) is 0 Å². The van der Waals surface area contributed by atoms with Crippen LogP contribution in [0.25, 0.3) is 11.5 Å². The molecule has 1 aromatic heterocycles. The summed E-state index contributed by atoms with van der Waals surface area (Å²) in [5.41, 5.74) is -1.46. The second-order valence-corrected chi connectivity index (χ2v) is 5.81. The fourth-order valence-corrected chi connectivity index (χ4v) is 2.94. The summed E-state index contributed by atoms with van der Waals surface area (Å²) in [6.45, 7) is 0. The van der Waals surface area contributed by atoms with Crippen LogP contribution < -0.4 is 4.74 Å². The molecule has 0 atom stereocenters. The molecule has 2 aromatic carbocycles. The highest BCUT2D eigenvalue weighted by molar-refractivity contribution is 6.26. The molecule has 1 heterocycles. The summed E-state index contributed by atoms with van der Waals surface area (Å²) in [4.78, 5) is 29.0. The number of benzene rings is 2. The Bertz CT molecular complexity index is 1050. The molecule has 0 fully saturated rings. The topological polar surface area (TPSA) is 69.4 Å². The molecule has 8 heteroatoms. The Labute approximate surface area is 150 Å². The number of rotatable bonds is 2. The van der Waals surface area contributed by atoms with E-state index in [4.69, 9.17) is 9.15 Å². The minimum absolute atomic E-state index is 0.00181. The van der Waals surface area contributed by atoms with Crippen molar-refractivity contribution in [3.05, 3.63) is 70.6 Å². The number of ether oxygens (including phenoxy) is 1. The normalized spacial score (nSPS) is 13.3. The Morgan fingerprint density at radius 1 is 0.963 bits per heavy atom. The number of carbonyl (C=O) groups is 2. The summed E-state index contributed by atoms with van der Waals surface area (Å²) >= 11 is 0. The van der Waals surface area contributed by atoms with Crippen LogP contribution in [0.2, 0.25) is 0 Å². The van der Waals surface area contributed by atoms with Gasteiger partial charge in [-0.25, -0.2) is 4.98 Å². The molecule has 0 saturated heterocycles. The smallest absolute Gasteiger partial charge is 0.417 e. The van der Waals surface area contributed by atoms with Gasteiger partial charge in [-0.1, -0.05) is 24.3 Å². The number of methoxy groups -OCH3 is 1. The number of hydrogen-bond donors (Lipinski definition) is 0. The lowest BCUT2D eigenvalue weighted by Crippen LogP contribution is -2.19. The van der Waals surface area contributed by atoms with E-state index in [1.807, 2.05) is 0 Å². The van der Waals surface area contributed by atoms with Crippen LogP contribution in [0, 0.1) is 0 Å². The summed E-state index contributed by atoms with van der Waals surface area (Å²) in [5, 5.41) is 0. The largest absolute Gasteiger partial charge is 0.497 e. The molecule has 4 rings (SSSR count). The van der Waals surface area contributed by atoms with Gasteiger partial charge in [0.1, 0.15) is 5.75 Å². The maximum absolute atomic E-state index is 13.4. The molecule has 5 nitrogen and oxygen atoms in total. The van der Waals surface area contributed by atoms with Crippen LogP contribution >= 0.6 is 0 Å². The van der Waals surface area contributed by atoms with Crippen LogP contribution in [0.1, 0.15) is 37.7 Å². The highest BCUT2D eigenvalue weighted by Gasteiger charge is 2.39. The molecule has 3 aromatic rings. The summed E-state index contributed by atoms with van der Waals surface area (Å²) < 4.78 is 50.5. The van der Waals surface area contributed by atoms with E-state index >= 15 is 0 Å². The first kappa shape index (κ1) is 17.0. The van der Waals surface area contributed by atoms with Gasteiger partial charge >= 0.3 is 6.18 Å². The summed E-state index contributed by atoms with van der Waals surface area (Å²) in [6, 6.07) is 9.32. The first-order valence-electron chi connectivity index (χ1n) is 7.76. The summed E-state index contributed by atoms with van der Waals surface area (Å²) in [5.74, 6) is -1.98. The highest BCUT2D eigenvalue weighted by atomic mass is 19.4. The van der Waals surface area contributed by atoms with Gasteiger partial charge in [-0.3, -0.25) is 9.59 Å². The van der Waals surface area contributed by atoms with Gasteiger partial charge in [0, 0.05) is 16.7 Å². The minimum atomic E-state index is -4.71. The highest BCUT2D eigenvalue weighted by Crippen LogP contribution is 2.40. The van der Waals surface area contributed by atoms with Gasteiger partial charge in [0.2, 0.25) is 23.2 Å². The van der Waals surface area contributed by atoms with Crippen LogP contribution in [-0.2, 0) is 6.18 Å². The van der Waals surface area contributed by atoms with Crippen molar-refractivity contribution in [2.45, 2.75) is 6.18 Å². The zero-order valence-corrected chi connectivity index (χ0v) is 13.8. The second-order valence-electron chi connectivity index (χ2n) is 5.81. The molecule has 0 amide bonds. The van der Waals surface area contributed by atoms with Crippen molar-refractivity contribution >= 4 is 11.6 Å². The van der Waals surface area contributed by atoms with Gasteiger partial charge in [-0.15, -0.1) is 0 Å². The van der Waals surface area contributed by atoms with Crippen LogP contribution in [0.4, 0.5) is 13.2 Å². The third-order valence-corrected chi connectivity index (χ3v) is 4.23. The van der Waals surface area contributed by atoms with Crippen molar-refractivity contribution in [2.75, 3.05) is 7.11 Å². The Hall–Kier alpha value is -3.42. The molecule has 0 saturated carbocycles. The number of oxazole rings is 1. The number of ketones is 2. The van der Waals surface area contributed by atoms with Gasteiger partial charge in [-0.2, -0.15) is 13.2 Å². The number of alkyl halides is 3. The molecule has 0 spiro atoms. The van der Waals surface area contributed by atoms with Crippen molar-refractivity contribution < 1.29 is 31.9 Å². The van der Waals surface area contributed by atoms with Gasteiger partial charge in [0.05, 0.1) is 12.7 Å². The Balaban J connectivity index is 1.90. The van der Waals surface area contributed by atoms with E-state index < -0.39 is 29.2 Å². The third-order valence-electron chi connectivity index (χ3n) is 4.23. The van der Waals surface area contributed by atoms with Crippen molar-refractivity contribution in [3.63, 3.8) is 0 Å². The lowest BCUT2D eigenvalue weighted by molar-refractivity contribution is -0.137. The molecular formula is C19H10F3NO4. The SMILES string of the molecule is COc1ccc(-c2nc3c(o2)C(=O)c2ccccc2C3=O)c(C(F)(F)F)c1. The molecule has 0 aliphatic heterocycles. The molecule has 136 valence electrons. The maximum Gasteiger partial charge on any atom is 0.417 e. The van der Waals surface area contributed by atoms with E-state index in [2.05, 4.69) is 4.98 Å². The third kappa shape index (κ3) is 2.61. The quantitative estimate of drug-likeness (QED) is 0.528.